The number of nitrogens with one attached hydrogen (secondary N) is 1. The fourth-order valence-corrected chi connectivity index (χ4v) is 5.07. The van der Waals surface area contributed by atoms with Gasteiger partial charge < -0.3 is 10.4 Å². The number of aromatic nitrogens is 2. The van der Waals surface area contributed by atoms with Crippen LogP contribution >= 0.6 is 0 Å². The smallest absolute Gasteiger partial charge is 0.265 e. The van der Waals surface area contributed by atoms with Crippen molar-refractivity contribution in [2.45, 2.75) is 92.7 Å². The van der Waals surface area contributed by atoms with Crippen molar-refractivity contribution in [3.8, 4) is 0 Å². The van der Waals surface area contributed by atoms with Gasteiger partial charge in [0, 0.05) is 11.7 Å². The first-order chi connectivity index (χ1) is 14.6. The number of anilines is 3. The SMILES string of the molecule is CCc1c(C)cc(C)c(Nc2nc(C)c3c(n2)N(C(CC)CC)C(=O)C3(O)CC)c1C. The van der Waals surface area contributed by atoms with Crippen LogP contribution in [0.2, 0.25) is 0 Å². The van der Waals surface area contributed by atoms with Gasteiger partial charge >= 0.3 is 0 Å². The summed E-state index contributed by atoms with van der Waals surface area (Å²) < 4.78 is 0. The predicted molar refractivity (Wildman–Crippen MR) is 126 cm³/mol. The van der Waals surface area contributed by atoms with Crippen LogP contribution in [0.15, 0.2) is 6.07 Å². The summed E-state index contributed by atoms with van der Waals surface area (Å²) in [6.07, 6.45) is 2.84. The molecule has 2 aromatic rings. The largest absolute Gasteiger partial charge is 0.375 e. The second kappa shape index (κ2) is 8.58. The van der Waals surface area contributed by atoms with Gasteiger partial charge in [0.2, 0.25) is 5.95 Å². The van der Waals surface area contributed by atoms with Crippen LogP contribution in [0, 0.1) is 27.7 Å². The van der Waals surface area contributed by atoms with E-state index in [0.717, 1.165) is 30.5 Å². The highest BCUT2D eigenvalue weighted by Crippen LogP contribution is 2.45. The quantitative estimate of drug-likeness (QED) is 0.643. The Morgan fingerprint density at radius 1 is 1.06 bits per heavy atom. The summed E-state index contributed by atoms with van der Waals surface area (Å²) in [6.45, 7) is 16.3. The Morgan fingerprint density at radius 3 is 2.26 bits per heavy atom. The third kappa shape index (κ3) is 3.61. The Morgan fingerprint density at radius 2 is 1.71 bits per heavy atom. The zero-order valence-electron chi connectivity index (χ0n) is 20.2. The predicted octanol–water partition coefficient (Wildman–Crippen LogP) is 5.15. The van der Waals surface area contributed by atoms with Crippen molar-refractivity contribution in [3.05, 3.63) is 39.6 Å². The highest BCUT2D eigenvalue weighted by molar-refractivity contribution is 6.06. The summed E-state index contributed by atoms with van der Waals surface area (Å²) in [5.74, 6) is 0.706. The molecule has 1 aromatic heterocycles. The van der Waals surface area contributed by atoms with E-state index in [2.05, 4.69) is 57.9 Å². The number of nitrogens with zero attached hydrogens (tertiary/aromatic N) is 3. The minimum atomic E-state index is -1.56. The fraction of sp³-hybridized carbons (Fsp3) is 0.560. The molecule has 1 aliphatic rings. The Balaban J connectivity index is 2.16. The minimum Gasteiger partial charge on any atom is -0.375 e. The average Bonchev–Trinajstić information content (AvgIpc) is 2.95. The number of aliphatic hydroxyl groups is 1. The minimum absolute atomic E-state index is 0.0106. The van der Waals surface area contributed by atoms with E-state index in [0.29, 0.717) is 29.4 Å². The molecule has 1 amide bonds. The first-order valence-corrected chi connectivity index (χ1v) is 11.5. The number of carbonyl (C=O) groups is 1. The summed E-state index contributed by atoms with van der Waals surface area (Å²) in [5, 5.41) is 14.7. The third-order valence-electron chi connectivity index (χ3n) is 6.83. The van der Waals surface area contributed by atoms with E-state index < -0.39 is 5.60 Å². The fourth-order valence-electron chi connectivity index (χ4n) is 5.07. The normalized spacial score (nSPS) is 18.1. The zero-order chi connectivity index (χ0) is 23.1. The van der Waals surface area contributed by atoms with Gasteiger partial charge in [-0.1, -0.05) is 33.8 Å². The van der Waals surface area contributed by atoms with Gasteiger partial charge in [0.25, 0.3) is 5.91 Å². The molecule has 1 atom stereocenters. The van der Waals surface area contributed by atoms with Crippen LogP contribution in [0.4, 0.5) is 17.5 Å². The van der Waals surface area contributed by atoms with Crippen molar-refractivity contribution in [1.82, 2.24) is 9.97 Å². The van der Waals surface area contributed by atoms with Crippen LogP contribution in [0.5, 0.6) is 0 Å². The molecule has 6 heteroatoms. The molecule has 31 heavy (non-hydrogen) atoms. The molecule has 6 nitrogen and oxygen atoms in total. The number of fused-ring (bicyclic) bond motifs is 1. The Kier molecular flexibility index (Phi) is 6.42. The third-order valence-corrected chi connectivity index (χ3v) is 6.83. The van der Waals surface area contributed by atoms with Crippen LogP contribution in [-0.2, 0) is 16.8 Å². The number of aryl methyl sites for hydroxylation is 3. The lowest BCUT2D eigenvalue weighted by atomic mass is 9.92. The number of hydrogen-bond donors (Lipinski definition) is 2. The lowest BCUT2D eigenvalue weighted by Gasteiger charge is -2.27. The molecule has 0 radical (unpaired) electrons. The molecular weight excluding hydrogens is 388 g/mol. The molecule has 0 fully saturated rings. The van der Waals surface area contributed by atoms with Gasteiger partial charge in [-0.15, -0.1) is 0 Å². The highest BCUT2D eigenvalue weighted by Gasteiger charge is 2.52. The van der Waals surface area contributed by atoms with Crippen molar-refractivity contribution in [2.24, 2.45) is 0 Å². The molecule has 0 saturated carbocycles. The van der Waals surface area contributed by atoms with Crippen molar-refractivity contribution >= 4 is 23.4 Å². The number of hydrogen-bond acceptors (Lipinski definition) is 5. The molecule has 1 aliphatic heterocycles. The van der Waals surface area contributed by atoms with Crippen molar-refractivity contribution in [3.63, 3.8) is 0 Å². The van der Waals surface area contributed by atoms with Crippen LogP contribution < -0.4 is 10.2 Å². The van der Waals surface area contributed by atoms with E-state index in [1.54, 1.807) is 4.90 Å². The molecule has 3 rings (SSSR count). The van der Waals surface area contributed by atoms with Gasteiger partial charge in [-0.25, -0.2) is 4.98 Å². The second-order valence-corrected chi connectivity index (χ2v) is 8.66. The summed E-state index contributed by atoms with van der Waals surface area (Å²) >= 11 is 0. The van der Waals surface area contributed by atoms with Gasteiger partial charge in [0.1, 0.15) is 5.82 Å². The van der Waals surface area contributed by atoms with Crippen molar-refractivity contribution in [1.29, 1.82) is 0 Å². The van der Waals surface area contributed by atoms with Crippen LogP contribution in [0.25, 0.3) is 0 Å². The van der Waals surface area contributed by atoms with E-state index in [9.17, 15) is 9.90 Å². The molecule has 0 bridgehead atoms. The maximum absolute atomic E-state index is 13.3. The molecule has 1 unspecified atom stereocenters. The van der Waals surface area contributed by atoms with Gasteiger partial charge in [0.15, 0.2) is 5.60 Å². The van der Waals surface area contributed by atoms with E-state index in [4.69, 9.17) is 4.98 Å². The summed E-state index contributed by atoms with van der Waals surface area (Å²) in [5.41, 5.74) is 5.55. The van der Waals surface area contributed by atoms with Crippen molar-refractivity contribution < 1.29 is 9.90 Å². The lowest BCUT2D eigenvalue weighted by molar-refractivity contribution is -0.137. The molecule has 0 saturated heterocycles. The molecule has 1 aromatic carbocycles. The maximum atomic E-state index is 13.3. The van der Waals surface area contributed by atoms with Gasteiger partial charge in [-0.3, -0.25) is 9.69 Å². The summed E-state index contributed by atoms with van der Waals surface area (Å²) in [4.78, 5) is 24.5. The first kappa shape index (κ1) is 23.2. The molecule has 168 valence electrons. The molecular formula is C25H36N4O2. The topological polar surface area (TPSA) is 78.4 Å². The number of benzene rings is 1. The van der Waals surface area contributed by atoms with Crippen LogP contribution in [-0.4, -0.2) is 27.0 Å². The van der Waals surface area contributed by atoms with E-state index in [1.165, 1.54) is 16.7 Å². The Bertz CT molecular complexity index is 1010. The average molecular weight is 425 g/mol. The lowest BCUT2D eigenvalue weighted by Crippen LogP contribution is -2.45. The standard InChI is InChI=1S/C25H36N4O2/c1-9-18(10-2)29-22-20(25(31,12-4)23(29)30)17(8)26-24(28-22)27-21-15(6)13-14(5)19(11-3)16(21)7/h13,18,31H,9-12H2,1-8H3,(H,26,27,28). The Hall–Kier alpha value is -2.47. The number of carbonyl (C=O) groups excluding carboxylic acids is 1. The van der Waals surface area contributed by atoms with Gasteiger partial charge in [-0.2, -0.15) is 4.98 Å². The molecule has 0 aliphatic carbocycles. The number of amides is 1. The number of rotatable bonds is 7. The van der Waals surface area contributed by atoms with Crippen LogP contribution in [0.1, 0.15) is 80.5 Å². The van der Waals surface area contributed by atoms with Gasteiger partial charge in [-0.05, 0) is 75.6 Å². The second-order valence-electron chi connectivity index (χ2n) is 8.66. The monoisotopic (exact) mass is 424 g/mol. The van der Waals surface area contributed by atoms with Crippen molar-refractivity contribution in [2.75, 3.05) is 10.2 Å². The molecule has 0 spiro atoms. The molecule has 2 N–H and O–H groups in total. The van der Waals surface area contributed by atoms with E-state index >= 15 is 0 Å². The molecule has 2 heterocycles. The highest BCUT2D eigenvalue weighted by atomic mass is 16.3. The van der Waals surface area contributed by atoms with Gasteiger partial charge in [0.05, 0.1) is 11.3 Å². The van der Waals surface area contributed by atoms with E-state index in [1.807, 2.05) is 13.8 Å². The maximum Gasteiger partial charge on any atom is 0.265 e. The summed E-state index contributed by atoms with van der Waals surface area (Å²) in [6, 6.07) is 2.17. The summed E-state index contributed by atoms with van der Waals surface area (Å²) in [7, 11) is 0. The Labute approximate surface area is 186 Å². The van der Waals surface area contributed by atoms with E-state index in [-0.39, 0.29) is 11.9 Å². The van der Waals surface area contributed by atoms with Crippen LogP contribution in [0.3, 0.4) is 0 Å². The first-order valence-electron chi connectivity index (χ1n) is 11.5. The zero-order valence-corrected chi connectivity index (χ0v) is 20.2.